The average molecular weight is 396 g/mol. The molecule has 4 heteroatoms. The van der Waals surface area contributed by atoms with Crippen LogP contribution in [0, 0.1) is 11.3 Å². The summed E-state index contributed by atoms with van der Waals surface area (Å²) in [5.41, 5.74) is 0. The first-order valence-electron chi connectivity index (χ1n) is 8.57. The van der Waals surface area contributed by atoms with Gasteiger partial charge in [-0.2, -0.15) is 0 Å². The molecule has 0 aliphatic rings. The van der Waals surface area contributed by atoms with Crippen LogP contribution in [-0.2, 0) is 7.05 Å². The van der Waals surface area contributed by atoms with Crippen LogP contribution in [0.2, 0.25) is 13.3 Å². The van der Waals surface area contributed by atoms with E-state index >= 15 is 0 Å². The molecule has 1 aromatic heterocycles. The molecule has 0 aliphatic heterocycles. The van der Waals surface area contributed by atoms with Gasteiger partial charge in [0.1, 0.15) is 0 Å². The molecule has 0 N–H and O–H groups in total. The van der Waals surface area contributed by atoms with Crippen LogP contribution in [0.5, 0.6) is 0 Å². The third kappa shape index (κ3) is 5.02. The second-order valence-electron chi connectivity index (χ2n) is 6.26. The van der Waals surface area contributed by atoms with Crippen LogP contribution in [0.15, 0.2) is 6.20 Å². The summed E-state index contributed by atoms with van der Waals surface area (Å²) >= 11 is -2.43. The Morgan fingerprint density at radius 2 is 1.52 bits per heavy atom. The molecule has 0 saturated carbocycles. The number of hydrogen-bond acceptors (Lipinski definition) is 2. The van der Waals surface area contributed by atoms with Crippen molar-refractivity contribution in [3.05, 3.63) is 12.0 Å². The topological polar surface area (TPSA) is 41.6 Å². The Balaban J connectivity index is 3.13. The molecule has 0 unspecified atom stereocenters. The minimum absolute atomic E-state index is 0.593. The summed E-state index contributed by atoms with van der Waals surface area (Å²) in [4.78, 5) is 4.75. The van der Waals surface area contributed by atoms with Crippen LogP contribution in [0.25, 0.3) is 0 Å². The van der Waals surface area contributed by atoms with Gasteiger partial charge in [-0.05, 0) is 0 Å². The molecule has 1 rings (SSSR count). The van der Waals surface area contributed by atoms with Gasteiger partial charge in [0.2, 0.25) is 0 Å². The van der Waals surface area contributed by atoms with Crippen molar-refractivity contribution in [1.82, 2.24) is 9.55 Å². The first-order chi connectivity index (χ1) is 10.1. The predicted octanol–water partition coefficient (Wildman–Crippen LogP) is 4.35. The molecule has 21 heavy (non-hydrogen) atoms. The van der Waals surface area contributed by atoms with Crippen molar-refractivity contribution in [2.45, 2.75) is 72.6 Å². The van der Waals surface area contributed by atoms with Crippen LogP contribution < -0.4 is 3.71 Å². The standard InChI is InChI=1S/C5H4N3.3C4H9.Sn/c1-8-3-2-7-5(8)4-6;3*1-3-4-2;/h3H,1H3;3*1,3-4H2,2H3;. The van der Waals surface area contributed by atoms with Gasteiger partial charge >= 0.3 is 135 Å². The van der Waals surface area contributed by atoms with Crippen molar-refractivity contribution in [3.8, 4) is 6.07 Å². The molecule has 0 fully saturated rings. The molecule has 0 aromatic carbocycles. The van der Waals surface area contributed by atoms with Gasteiger partial charge in [-0.15, -0.1) is 0 Å². The molecule has 0 bridgehead atoms. The Bertz CT molecular complexity index is 437. The van der Waals surface area contributed by atoms with E-state index in [1.807, 2.05) is 11.6 Å². The van der Waals surface area contributed by atoms with Crippen LogP contribution in [0.1, 0.15) is 65.1 Å². The van der Waals surface area contributed by atoms with Gasteiger partial charge < -0.3 is 0 Å². The Morgan fingerprint density at radius 1 is 1.05 bits per heavy atom. The summed E-state index contributed by atoms with van der Waals surface area (Å²) in [5.74, 6) is 0.593. The summed E-state index contributed by atoms with van der Waals surface area (Å²) in [5, 5.41) is 9.22. The molecule has 0 atom stereocenters. The Hall–Kier alpha value is -0.501. The van der Waals surface area contributed by atoms with Crippen LogP contribution in [0.4, 0.5) is 0 Å². The molecular weight excluding hydrogens is 365 g/mol. The van der Waals surface area contributed by atoms with E-state index < -0.39 is 18.4 Å². The van der Waals surface area contributed by atoms with E-state index in [4.69, 9.17) is 4.98 Å². The van der Waals surface area contributed by atoms with E-state index in [-0.39, 0.29) is 0 Å². The zero-order valence-corrected chi connectivity index (χ0v) is 17.1. The normalized spacial score (nSPS) is 11.6. The summed E-state index contributed by atoms with van der Waals surface area (Å²) < 4.78 is 7.52. The van der Waals surface area contributed by atoms with Gasteiger partial charge in [0.05, 0.1) is 0 Å². The van der Waals surface area contributed by atoms with Crippen molar-refractivity contribution in [3.63, 3.8) is 0 Å². The zero-order valence-electron chi connectivity index (χ0n) is 14.3. The molecule has 1 aromatic rings. The number of aryl methyl sites for hydroxylation is 1. The Morgan fingerprint density at radius 3 is 1.86 bits per heavy atom. The molecule has 1 heterocycles. The van der Waals surface area contributed by atoms with Crippen molar-refractivity contribution >= 4 is 22.1 Å². The first kappa shape index (κ1) is 18.5. The predicted molar refractivity (Wildman–Crippen MR) is 92.5 cm³/mol. The van der Waals surface area contributed by atoms with E-state index in [1.54, 1.807) is 0 Å². The second kappa shape index (κ2) is 9.50. The van der Waals surface area contributed by atoms with Gasteiger partial charge in [-0.3, -0.25) is 0 Å². The third-order valence-corrected chi connectivity index (χ3v) is 19.6. The van der Waals surface area contributed by atoms with E-state index in [2.05, 4.69) is 33.0 Å². The molecule has 118 valence electrons. The van der Waals surface area contributed by atoms with E-state index in [1.165, 1.54) is 55.5 Å². The molecule has 0 spiro atoms. The van der Waals surface area contributed by atoms with Crippen molar-refractivity contribution in [2.75, 3.05) is 0 Å². The molecule has 0 radical (unpaired) electrons. The second-order valence-corrected chi connectivity index (χ2v) is 19.3. The number of rotatable bonds is 10. The van der Waals surface area contributed by atoms with Gasteiger partial charge in [-0.1, -0.05) is 0 Å². The summed E-state index contributed by atoms with van der Waals surface area (Å²) in [6, 6.07) is 2.24. The number of imidazole rings is 1. The van der Waals surface area contributed by atoms with Gasteiger partial charge in [0.25, 0.3) is 0 Å². The fraction of sp³-hybridized carbons (Fsp3) is 0.765. The fourth-order valence-corrected chi connectivity index (χ4v) is 18.6. The monoisotopic (exact) mass is 397 g/mol. The Kier molecular flexibility index (Phi) is 8.39. The number of unbranched alkanes of at least 4 members (excludes halogenated alkanes) is 3. The van der Waals surface area contributed by atoms with E-state index in [0.717, 1.165) is 0 Å². The molecule has 0 aliphatic carbocycles. The van der Waals surface area contributed by atoms with E-state index in [0.29, 0.717) is 5.82 Å². The molecule has 0 saturated heterocycles. The van der Waals surface area contributed by atoms with Gasteiger partial charge in [-0.25, -0.2) is 0 Å². The fourth-order valence-electron chi connectivity index (χ4n) is 3.13. The van der Waals surface area contributed by atoms with Crippen LogP contribution in [-0.4, -0.2) is 27.9 Å². The third-order valence-electron chi connectivity index (χ3n) is 4.55. The number of aromatic nitrogens is 2. The molecule has 0 amide bonds. The van der Waals surface area contributed by atoms with Crippen LogP contribution >= 0.6 is 0 Å². The van der Waals surface area contributed by atoms with Gasteiger partial charge in [0, 0.05) is 0 Å². The maximum absolute atomic E-state index is 9.22. The first-order valence-corrected chi connectivity index (χ1v) is 16.1. The van der Waals surface area contributed by atoms with Gasteiger partial charge in [0.15, 0.2) is 0 Å². The quantitative estimate of drug-likeness (QED) is 0.552. The summed E-state index contributed by atoms with van der Waals surface area (Å²) in [6.45, 7) is 6.86. The summed E-state index contributed by atoms with van der Waals surface area (Å²) in [7, 11) is 1.96. The average Bonchev–Trinajstić information content (AvgIpc) is 2.88. The maximum atomic E-state index is 9.22. The van der Waals surface area contributed by atoms with Crippen molar-refractivity contribution in [1.29, 1.82) is 5.26 Å². The minimum atomic E-state index is -2.43. The van der Waals surface area contributed by atoms with Crippen molar-refractivity contribution in [2.24, 2.45) is 7.05 Å². The van der Waals surface area contributed by atoms with Crippen LogP contribution in [0.3, 0.4) is 0 Å². The summed E-state index contributed by atoms with van der Waals surface area (Å²) in [6.07, 6.45) is 10.0. The molecule has 3 nitrogen and oxygen atoms in total. The number of nitrogens with zero attached hydrogens (tertiary/aromatic N) is 3. The Labute approximate surface area is 134 Å². The van der Waals surface area contributed by atoms with E-state index in [9.17, 15) is 5.26 Å². The SMILES string of the molecule is CCC[CH2][Sn]([CH2]CCC)([CH2]CCC)[c]1cn(C)c(C#N)n1. The van der Waals surface area contributed by atoms with Crippen molar-refractivity contribution < 1.29 is 0 Å². The zero-order chi connectivity index (χ0) is 15.7. The molecular formula is C17H31N3Sn. The number of nitriles is 1. The number of hydrogen-bond donors (Lipinski definition) is 0.